The van der Waals surface area contributed by atoms with Crippen LogP contribution in [0.3, 0.4) is 0 Å². The van der Waals surface area contributed by atoms with Gasteiger partial charge in [-0.1, -0.05) is 17.7 Å². The number of hydrogen-bond acceptors (Lipinski definition) is 3. The van der Waals surface area contributed by atoms with Crippen LogP contribution >= 0.6 is 23.4 Å². The Labute approximate surface area is 181 Å². The highest BCUT2D eigenvalue weighted by Gasteiger charge is 2.30. The topological polar surface area (TPSA) is 56.7 Å². The van der Waals surface area contributed by atoms with Crippen LogP contribution in [0.25, 0.3) is 0 Å². The van der Waals surface area contributed by atoms with E-state index in [1.165, 1.54) is 6.07 Å². The van der Waals surface area contributed by atoms with Crippen LogP contribution in [-0.2, 0) is 11.2 Å². The van der Waals surface area contributed by atoms with Gasteiger partial charge in [-0.15, -0.1) is 0 Å². The van der Waals surface area contributed by atoms with Gasteiger partial charge in [0.1, 0.15) is 5.82 Å². The Balaban J connectivity index is 1.41. The smallest absolute Gasteiger partial charge is 0.225 e. The van der Waals surface area contributed by atoms with E-state index in [-0.39, 0.29) is 11.7 Å². The Kier molecular flexibility index (Phi) is 8.48. The molecule has 0 bridgehead atoms. The largest absolute Gasteiger partial charge is 0.356 e. The first-order chi connectivity index (χ1) is 14.1. The molecule has 160 valence electrons. The van der Waals surface area contributed by atoms with Gasteiger partial charge in [-0.05, 0) is 44.2 Å². The lowest BCUT2D eigenvalue weighted by Crippen LogP contribution is -2.47. The first-order valence-electron chi connectivity index (χ1n) is 10.3. The molecule has 2 N–H and O–H groups in total. The number of nitrogens with one attached hydrogen (secondary N) is 2. The van der Waals surface area contributed by atoms with E-state index in [1.54, 1.807) is 19.2 Å². The molecule has 1 aliphatic carbocycles. The van der Waals surface area contributed by atoms with Gasteiger partial charge in [-0.25, -0.2) is 4.39 Å². The minimum Gasteiger partial charge on any atom is -0.356 e. The molecule has 1 saturated carbocycles. The van der Waals surface area contributed by atoms with E-state index in [0.29, 0.717) is 41.5 Å². The molecule has 0 spiro atoms. The molecule has 1 aromatic carbocycles. The summed E-state index contributed by atoms with van der Waals surface area (Å²) in [5.41, 5.74) is 0.521. The molecule has 5 nitrogen and oxygen atoms in total. The summed E-state index contributed by atoms with van der Waals surface area (Å²) in [6, 6.07) is 5.05. The molecule has 0 atom stereocenters. The van der Waals surface area contributed by atoms with Crippen molar-refractivity contribution in [3.05, 3.63) is 34.6 Å². The van der Waals surface area contributed by atoms with Gasteiger partial charge in [0, 0.05) is 60.7 Å². The molecule has 1 amide bonds. The zero-order valence-electron chi connectivity index (χ0n) is 16.9. The second kappa shape index (κ2) is 11.1. The fourth-order valence-corrected chi connectivity index (χ4v) is 5.15. The highest BCUT2D eigenvalue weighted by molar-refractivity contribution is 7.99. The average molecular weight is 441 g/mol. The van der Waals surface area contributed by atoms with E-state index in [4.69, 9.17) is 11.6 Å². The van der Waals surface area contributed by atoms with Crippen LogP contribution in [0.5, 0.6) is 0 Å². The minimum absolute atomic E-state index is 0.161. The number of carbonyl (C=O) groups is 1. The van der Waals surface area contributed by atoms with E-state index in [0.717, 1.165) is 50.3 Å². The quantitative estimate of drug-likeness (QED) is 0.544. The number of halogens is 2. The van der Waals surface area contributed by atoms with Gasteiger partial charge < -0.3 is 15.5 Å². The second-order valence-corrected chi connectivity index (χ2v) is 9.21. The van der Waals surface area contributed by atoms with Crippen molar-refractivity contribution in [3.8, 4) is 0 Å². The molecule has 0 aromatic heterocycles. The Morgan fingerprint density at radius 2 is 2.00 bits per heavy atom. The average Bonchev–Trinajstić information content (AvgIpc) is 2.75. The summed E-state index contributed by atoms with van der Waals surface area (Å²) in [5, 5.41) is 7.13. The van der Waals surface area contributed by atoms with E-state index in [2.05, 4.69) is 15.6 Å². The van der Waals surface area contributed by atoms with Crippen molar-refractivity contribution in [3.63, 3.8) is 0 Å². The van der Waals surface area contributed by atoms with Gasteiger partial charge >= 0.3 is 0 Å². The summed E-state index contributed by atoms with van der Waals surface area (Å²) in [7, 11) is 1.73. The number of aliphatic imine (C=N–C) groups is 1. The second-order valence-electron chi connectivity index (χ2n) is 7.58. The molecule has 2 fully saturated rings. The van der Waals surface area contributed by atoms with Crippen molar-refractivity contribution in [2.45, 2.75) is 38.1 Å². The van der Waals surface area contributed by atoms with Crippen molar-refractivity contribution < 1.29 is 9.18 Å². The number of rotatable bonds is 5. The molecule has 1 aliphatic heterocycles. The standard InChI is InChI=1S/C21H30ClFN4OS/c1-24-21(25-10-9-17-18(22)3-2-4-19(17)23)26-16-7-5-15(6-8-16)20(28)27-11-13-29-14-12-27/h2-4,15-16H,5-14H2,1H3,(H2,24,25,26). The first kappa shape index (κ1) is 22.2. The third kappa shape index (κ3) is 6.25. The molecule has 1 saturated heterocycles. The Morgan fingerprint density at radius 3 is 2.66 bits per heavy atom. The first-order valence-corrected chi connectivity index (χ1v) is 11.9. The van der Waals surface area contributed by atoms with Gasteiger partial charge in [-0.2, -0.15) is 11.8 Å². The van der Waals surface area contributed by atoms with Crippen LogP contribution < -0.4 is 10.6 Å². The van der Waals surface area contributed by atoms with Crippen LogP contribution in [0.2, 0.25) is 5.02 Å². The maximum atomic E-state index is 13.9. The van der Waals surface area contributed by atoms with Crippen molar-refractivity contribution >= 4 is 35.2 Å². The lowest BCUT2D eigenvalue weighted by molar-refractivity contribution is -0.136. The molecule has 0 unspecified atom stereocenters. The van der Waals surface area contributed by atoms with Gasteiger partial charge in [0.05, 0.1) is 0 Å². The van der Waals surface area contributed by atoms with Crippen LogP contribution in [0.15, 0.2) is 23.2 Å². The van der Waals surface area contributed by atoms with Crippen molar-refractivity contribution in [1.29, 1.82) is 0 Å². The monoisotopic (exact) mass is 440 g/mol. The molecule has 8 heteroatoms. The highest BCUT2D eigenvalue weighted by atomic mass is 35.5. The van der Waals surface area contributed by atoms with Crippen LogP contribution in [0.4, 0.5) is 4.39 Å². The van der Waals surface area contributed by atoms with Crippen LogP contribution in [-0.4, -0.2) is 61.0 Å². The minimum atomic E-state index is -0.280. The lowest BCUT2D eigenvalue weighted by Gasteiger charge is -2.34. The number of guanidine groups is 1. The Morgan fingerprint density at radius 1 is 1.28 bits per heavy atom. The number of amides is 1. The van der Waals surface area contributed by atoms with E-state index >= 15 is 0 Å². The maximum Gasteiger partial charge on any atom is 0.225 e. The van der Waals surface area contributed by atoms with Crippen molar-refractivity contribution in [2.24, 2.45) is 10.9 Å². The van der Waals surface area contributed by atoms with E-state index in [9.17, 15) is 9.18 Å². The Hall–Kier alpha value is -1.47. The molecular weight excluding hydrogens is 411 g/mol. The summed E-state index contributed by atoms with van der Waals surface area (Å²) in [5.74, 6) is 3.05. The number of hydrogen-bond donors (Lipinski definition) is 2. The number of nitrogens with zero attached hydrogens (tertiary/aromatic N) is 2. The number of carbonyl (C=O) groups excluding carboxylic acids is 1. The predicted molar refractivity (Wildman–Crippen MR) is 119 cm³/mol. The summed E-state index contributed by atoms with van der Waals surface area (Å²) in [4.78, 5) is 19.0. The predicted octanol–water partition coefficient (Wildman–Crippen LogP) is 3.32. The van der Waals surface area contributed by atoms with Gasteiger partial charge in [0.25, 0.3) is 0 Å². The van der Waals surface area contributed by atoms with Crippen molar-refractivity contribution in [2.75, 3.05) is 38.2 Å². The zero-order valence-corrected chi connectivity index (χ0v) is 18.5. The number of thioether (sulfide) groups is 1. The highest BCUT2D eigenvalue weighted by Crippen LogP contribution is 2.27. The number of benzene rings is 1. The summed E-state index contributed by atoms with van der Waals surface area (Å²) in [6.45, 7) is 2.33. The third-order valence-electron chi connectivity index (χ3n) is 5.69. The van der Waals surface area contributed by atoms with Crippen molar-refractivity contribution in [1.82, 2.24) is 15.5 Å². The van der Waals surface area contributed by atoms with Gasteiger partial charge in [-0.3, -0.25) is 9.79 Å². The molecule has 3 rings (SSSR count). The van der Waals surface area contributed by atoms with Gasteiger partial charge in [0.2, 0.25) is 5.91 Å². The molecular formula is C21H30ClFN4OS. The maximum absolute atomic E-state index is 13.9. The lowest BCUT2D eigenvalue weighted by atomic mass is 9.85. The Bertz CT molecular complexity index is 698. The molecule has 1 heterocycles. The zero-order chi connectivity index (χ0) is 20.6. The van der Waals surface area contributed by atoms with Crippen LogP contribution in [0.1, 0.15) is 31.2 Å². The summed E-state index contributed by atoms with van der Waals surface area (Å²) >= 11 is 8.01. The molecule has 2 aliphatic rings. The van der Waals surface area contributed by atoms with E-state index < -0.39 is 0 Å². The fraction of sp³-hybridized carbons (Fsp3) is 0.619. The van der Waals surface area contributed by atoms with Gasteiger partial charge in [0.15, 0.2) is 5.96 Å². The molecule has 29 heavy (non-hydrogen) atoms. The fourth-order valence-electron chi connectivity index (χ4n) is 3.99. The SMILES string of the molecule is CN=C(NCCc1c(F)cccc1Cl)NC1CCC(C(=O)N2CCSCC2)CC1. The van der Waals surface area contributed by atoms with Crippen LogP contribution in [0, 0.1) is 11.7 Å². The van der Waals surface area contributed by atoms with E-state index in [1.807, 2.05) is 16.7 Å². The third-order valence-corrected chi connectivity index (χ3v) is 6.99. The summed E-state index contributed by atoms with van der Waals surface area (Å²) in [6.07, 6.45) is 4.24. The molecule has 1 aromatic rings. The normalized spacial score (nSPS) is 23.0. The summed E-state index contributed by atoms with van der Waals surface area (Å²) < 4.78 is 13.9. The molecule has 0 radical (unpaired) electrons.